The molecule has 1 rings (SSSR count). The largest absolute Gasteiger partial charge is 0.468 e. The molecule has 8 nitrogen and oxygen atoms in total. The lowest BCUT2D eigenvalue weighted by atomic mass is 10.0. The van der Waals surface area contributed by atoms with Crippen LogP contribution in [0.1, 0.15) is 13.8 Å². The molecule has 0 saturated carbocycles. The number of methoxy groups -OCH3 is 2. The van der Waals surface area contributed by atoms with Crippen molar-refractivity contribution >= 4 is 23.9 Å². The van der Waals surface area contributed by atoms with Crippen LogP contribution in [0.5, 0.6) is 0 Å². The number of imide groups is 1. The predicted octanol–water partition coefficient (Wildman–Crippen LogP) is -0.625. The van der Waals surface area contributed by atoms with Crippen LogP contribution in [0.25, 0.3) is 0 Å². The SMILES string of the molecule is COC(=O)CN1C(=O)N(CC(=O)OC)C(C)(C)C1=O. The van der Waals surface area contributed by atoms with E-state index in [1.807, 2.05) is 0 Å². The van der Waals surface area contributed by atoms with E-state index in [-0.39, 0.29) is 6.54 Å². The van der Waals surface area contributed by atoms with E-state index < -0.39 is 36.0 Å². The molecule has 106 valence electrons. The molecule has 0 atom stereocenters. The van der Waals surface area contributed by atoms with Crippen molar-refractivity contribution in [3.63, 3.8) is 0 Å². The first-order valence-corrected chi connectivity index (χ1v) is 5.53. The van der Waals surface area contributed by atoms with Gasteiger partial charge in [0.05, 0.1) is 14.2 Å². The minimum Gasteiger partial charge on any atom is -0.468 e. The molecular weight excluding hydrogens is 256 g/mol. The summed E-state index contributed by atoms with van der Waals surface area (Å²) >= 11 is 0. The summed E-state index contributed by atoms with van der Waals surface area (Å²) in [4.78, 5) is 48.4. The average Bonchev–Trinajstić information content (AvgIpc) is 2.52. The van der Waals surface area contributed by atoms with Crippen LogP contribution in [0.3, 0.4) is 0 Å². The Morgan fingerprint density at radius 3 is 2.00 bits per heavy atom. The molecule has 0 aliphatic carbocycles. The van der Waals surface area contributed by atoms with E-state index in [0.29, 0.717) is 0 Å². The average molecular weight is 272 g/mol. The van der Waals surface area contributed by atoms with Crippen LogP contribution in [0.2, 0.25) is 0 Å². The molecule has 1 aliphatic rings. The van der Waals surface area contributed by atoms with Gasteiger partial charge in [-0.2, -0.15) is 0 Å². The number of esters is 2. The highest BCUT2D eigenvalue weighted by Gasteiger charge is 2.52. The second-order valence-electron chi connectivity index (χ2n) is 4.47. The highest BCUT2D eigenvalue weighted by molar-refractivity contribution is 6.09. The number of ether oxygens (including phenoxy) is 2. The first-order chi connectivity index (χ1) is 8.75. The molecule has 8 heteroatoms. The van der Waals surface area contributed by atoms with Crippen LogP contribution < -0.4 is 0 Å². The molecule has 3 amide bonds. The minimum absolute atomic E-state index is 0.355. The van der Waals surface area contributed by atoms with Crippen LogP contribution in [0.4, 0.5) is 4.79 Å². The van der Waals surface area contributed by atoms with E-state index in [1.165, 1.54) is 21.0 Å². The van der Waals surface area contributed by atoms with Crippen molar-refractivity contribution in [1.29, 1.82) is 0 Å². The van der Waals surface area contributed by atoms with E-state index in [9.17, 15) is 19.2 Å². The molecule has 0 N–H and O–H groups in total. The highest BCUT2D eigenvalue weighted by atomic mass is 16.5. The van der Waals surface area contributed by atoms with Gasteiger partial charge in [-0.15, -0.1) is 0 Å². The van der Waals surface area contributed by atoms with Crippen LogP contribution in [0.15, 0.2) is 0 Å². The van der Waals surface area contributed by atoms with Gasteiger partial charge in [0.2, 0.25) is 0 Å². The van der Waals surface area contributed by atoms with Crippen molar-refractivity contribution in [3.8, 4) is 0 Å². The van der Waals surface area contributed by atoms with E-state index in [1.54, 1.807) is 0 Å². The third-order valence-electron chi connectivity index (χ3n) is 2.93. The van der Waals surface area contributed by atoms with Crippen LogP contribution in [-0.2, 0) is 23.9 Å². The summed E-state index contributed by atoms with van der Waals surface area (Å²) in [6.45, 7) is 2.15. The Labute approximate surface area is 110 Å². The Kier molecular flexibility index (Phi) is 4.13. The van der Waals surface area contributed by atoms with E-state index in [2.05, 4.69) is 9.47 Å². The number of carbonyl (C=O) groups excluding carboxylic acids is 4. The van der Waals surface area contributed by atoms with Gasteiger partial charge in [-0.3, -0.25) is 24.2 Å². The zero-order valence-electron chi connectivity index (χ0n) is 11.3. The second-order valence-corrected chi connectivity index (χ2v) is 4.47. The summed E-state index contributed by atoms with van der Waals surface area (Å²) in [7, 11) is 2.34. The third-order valence-corrected chi connectivity index (χ3v) is 2.93. The molecule has 19 heavy (non-hydrogen) atoms. The third kappa shape index (κ3) is 2.67. The Balaban J connectivity index is 2.96. The Hall–Kier alpha value is -2.12. The summed E-state index contributed by atoms with van der Waals surface area (Å²) in [5.41, 5.74) is -1.21. The molecule has 1 heterocycles. The molecular formula is C11H16N2O6. The molecule has 1 fully saturated rings. The van der Waals surface area contributed by atoms with Gasteiger partial charge in [0.1, 0.15) is 18.6 Å². The number of nitrogens with zero attached hydrogens (tertiary/aromatic N) is 2. The fourth-order valence-corrected chi connectivity index (χ4v) is 1.71. The first kappa shape index (κ1) is 14.9. The maximum absolute atomic E-state index is 12.1. The van der Waals surface area contributed by atoms with Gasteiger partial charge in [0, 0.05) is 0 Å². The lowest BCUT2D eigenvalue weighted by Crippen LogP contribution is -2.46. The monoisotopic (exact) mass is 272 g/mol. The molecule has 0 aromatic carbocycles. The fourth-order valence-electron chi connectivity index (χ4n) is 1.71. The summed E-state index contributed by atoms with van der Waals surface area (Å²) in [5.74, 6) is -1.92. The predicted molar refractivity (Wildman–Crippen MR) is 61.9 cm³/mol. The Morgan fingerprint density at radius 1 is 1.05 bits per heavy atom. The van der Waals surface area contributed by atoms with Gasteiger partial charge in [-0.25, -0.2) is 4.79 Å². The van der Waals surface area contributed by atoms with Crippen molar-refractivity contribution in [2.75, 3.05) is 27.3 Å². The molecule has 0 bridgehead atoms. The highest BCUT2D eigenvalue weighted by Crippen LogP contribution is 2.27. The standard InChI is InChI=1S/C11H16N2O6/c1-11(2)9(16)12(5-7(14)18-3)10(17)13(11)6-8(15)19-4/h5-6H2,1-4H3. The molecule has 0 unspecified atom stereocenters. The van der Waals surface area contributed by atoms with Gasteiger partial charge in [-0.05, 0) is 13.8 Å². The van der Waals surface area contributed by atoms with Gasteiger partial charge < -0.3 is 9.47 Å². The minimum atomic E-state index is -1.21. The van der Waals surface area contributed by atoms with Gasteiger partial charge >= 0.3 is 18.0 Å². The van der Waals surface area contributed by atoms with Gasteiger partial charge in [-0.1, -0.05) is 0 Å². The maximum atomic E-state index is 12.1. The quantitative estimate of drug-likeness (QED) is 0.500. The van der Waals surface area contributed by atoms with Crippen molar-refractivity contribution in [3.05, 3.63) is 0 Å². The second kappa shape index (κ2) is 5.25. The lowest BCUT2D eigenvalue weighted by Gasteiger charge is -2.26. The topological polar surface area (TPSA) is 93.2 Å². The number of carbonyl (C=O) groups is 4. The first-order valence-electron chi connectivity index (χ1n) is 5.53. The van der Waals surface area contributed by atoms with Crippen LogP contribution in [-0.4, -0.2) is 66.5 Å². The molecule has 0 aromatic rings. The number of urea groups is 1. The van der Waals surface area contributed by atoms with E-state index in [4.69, 9.17) is 0 Å². The summed E-state index contributed by atoms with van der Waals surface area (Å²) < 4.78 is 8.89. The summed E-state index contributed by atoms with van der Waals surface area (Å²) in [5, 5.41) is 0. The van der Waals surface area contributed by atoms with E-state index in [0.717, 1.165) is 16.9 Å². The summed E-state index contributed by atoms with van der Waals surface area (Å²) in [6, 6.07) is -0.717. The van der Waals surface area contributed by atoms with Crippen LogP contribution >= 0.6 is 0 Å². The number of hydrogen-bond donors (Lipinski definition) is 0. The van der Waals surface area contributed by atoms with Crippen molar-refractivity contribution in [2.24, 2.45) is 0 Å². The van der Waals surface area contributed by atoms with Crippen molar-refractivity contribution < 1.29 is 28.7 Å². The maximum Gasteiger partial charge on any atom is 0.328 e. The number of hydrogen-bond acceptors (Lipinski definition) is 6. The Morgan fingerprint density at radius 2 is 1.53 bits per heavy atom. The Bertz CT molecular complexity index is 431. The number of amides is 3. The molecule has 0 spiro atoms. The number of rotatable bonds is 4. The fraction of sp³-hybridized carbons (Fsp3) is 0.636. The molecule has 0 radical (unpaired) electrons. The zero-order chi connectivity index (χ0) is 14.8. The van der Waals surface area contributed by atoms with Crippen LogP contribution in [0, 0.1) is 0 Å². The molecule has 1 aliphatic heterocycles. The smallest absolute Gasteiger partial charge is 0.328 e. The summed E-state index contributed by atoms with van der Waals surface area (Å²) in [6.07, 6.45) is 0. The van der Waals surface area contributed by atoms with Gasteiger partial charge in [0.25, 0.3) is 5.91 Å². The molecule has 1 saturated heterocycles. The van der Waals surface area contributed by atoms with Gasteiger partial charge in [0.15, 0.2) is 0 Å². The zero-order valence-corrected chi connectivity index (χ0v) is 11.3. The molecule has 0 aromatic heterocycles. The van der Waals surface area contributed by atoms with E-state index >= 15 is 0 Å². The van der Waals surface area contributed by atoms with Crippen molar-refractivity contribution in [1.82, 2.24) is 9.80 Å². The van der Waals surface area contributed by atoms with Crippen molar-refractivity contribution in [2.45, 2.75) is 19.4 Å². The normalized spacial score (nSPS) is 17.7. The lowest BCUT2D eigenvalue weighted by molar-refractivity contribution is -0.146.